The number of aryl methyl sites for hydroxylation is 1. The van der Waals surface area contributed by atoms with Crippen molar-refractivity contribution in [2.75, 3.05) is 6.79 Å². The van der Waals surface area contributed by atoms with Gasteiger partial charge in [-0.2, -0.15) is 5.10 Å². The van der Waals surface area contributed by atoms with E-state index in [2.05, 4.69) is 16.2 Å². The van der Waals surface area contributed by atoms with Gasteiger partial charge >= 0.3 is 6.09 Å². The molecule has 0 bridgehead atoms. The summed E-state index contributed by atoms with van der Waals surface area (Å²) in [5.41, 5.74) is 5.62. The number of alkyl carbamates (subject to hydrolysis) is 1. The van der Waals surface area contributed by atoms with Gasteiger partial charge in [0.2, 0.25) is 6.79 Å². The fourth-order valence-electron chi connectivity index (χ4n) is 5.13. The highest BCUT2D eigenvalue weighted by atomic mass is 16.7. The number of ether oxygens (including phenoxy) is 3. The third kappa shape index (κ3) is 5.20. The molecule has 8 heteroatoms. The maximum atomic E-state index is 12.3. The molecule has 3 heterocycles. The number of nitrogens with zero attached hydrogens (tertiary/aromatic N) is 3. The second-order valence-electron chi connectivity index (χ2n) is 9.82. The van der Waals surface area contributed by atoms with Gasteiger partial charge in [0.25, 0.3) is 0 Å². The molecule has 1 fully saturated rings. The summed E-state index contributed by atoms with van der Waals surface area (Å²) in [7, 11) is 0. The van der Waals surface area contributed by atoms with Gasteiger partial charge in [-0.05, 0) is 68.0 Å². The van der Waals surface area contributed by atoms with E-state index in [-0.39, 0.29) is 31.6 Å². The highest BCUT2D eigenvalue weighted by Crippen LogP contribution is 2.40. The Morgan fingerprint density at radius 3 is 2.63 bits per heavy atom. The van der Waals surface area contributed by atoms with Crippen molar-refractivity contribution in [3.8, 4) is 34.0 Å². The fourth-order valence-corrected chi connectivity index (χ4v) is 5.13. The van der Waals surface area contributed by atoms with Gasteiger partial charge in [-0.1, -0.05) is 42.5 Å². The van der Waals surface area contributed by atoms with Crippen LogP contribution < -0.4 is 14.8 Å². The Bertz CT molecular complexity index is 1430. The molecule has 38 heavy (non-hydrogen) atoms. The van der Waals surface area contributed by atoms with E-state index in [1.165, 1.54) is 0 Å². The maximum Gasteiger partial charge on any atom is 0.407 e. The monoisotopic (exact) mass is 510 g/mol. The minimum absolute atomic E-state index is 0.0938. The molecule has 0 unspecified atom stereocenters. The van der Waals surface area contributed by atoms with Gasteiger partial charge in [0.05, 0.1) is 11.7 Å². The molecule has 1 N–H and O–H groups in total. The lowest BCUT2D eigenvalue weighted by molar-refractivity contribution is 0.131. The van der Waals surface area contributed by atoms with Gasteiger partial charge in [-0.15, -0.1) is 0 Å². The molecule has 2 aromatic heterocycles. The minimum Gasteiger partial charge on any atom is -0.454 e. The van der Waals surface area contributed by atoms with E-state index < -0.39 is 0 Å². The van der Waals surface area contributed by atoms with Crippen molar-refractivity contribution in [2.45, 2.75) is 51.3 Å². The molecule has 0 saturated heterocycles. The van der Waals surface area contributed by atoms with Crippen molar-refractivity contribution in [2.24, 2.45) is 0 Å². The van der Waals surface area contributed by atoms with Crippen molar-refractivity contribution in [1.29, 1.82) is 0 Å². The molecular formula is C30H30N4O4. The minimum atomic E-state index is -0.366. The fraction of sp³-hybridized carbons (Fsp3) is 0.300. The summed E-state index contributed by atoms with van der Waals surface area (Å²) in [6.45, 7) is 2.50. The maximum absolute atomic E-state index is 12.3. The molecule has 2 aromatic carbocycles. The number of hydrogen-bond acceptors (Lipinski definition) is 6. The summed E-state index contributed by atoms with van der Waals surface area (Å²) in [5.74, 6) is 1.49. The van der Waals surface area contributed by atoms with Crippen LogP contribution in [0.2, 0.25) is 0 Å². The second-order valence-corrected chi connectivity index (χ2v) is 9.82. The topological polar surface area (TPSA) is 87.5 Å². The smallest absolute Gasteiger partial charge is 0.407 e. The van der Waals surface area contributed by atoms with Crippen LogP contribution in [0.3, 0.4) is 0 Å². The average molecular weight is 511 g/mol. The summed E-state index contributed by atoms with van der Waals surface area (Å²) in [6.07, 6.45) is 5.29. The van der Waals surface area contributed by atoms with Gasteiger partial charge in [-0.25, -0.2) is 4.79 Å². The molecule has 2 aliphatic rings. The Kier molecular flexibility index (Phi) is 6.69. The highest BCUT2D eigenvalue weighted by molar-refractivity contribution is 5.80. The molecule has 0 atom stereocenters. The summed E-state index contributed by atoms with van der Waals surface area (Å²) in [4.78, 5) is 17.1. The number of nitrogens with one attached hydrogen (secondary N) is 1. The second kappa shape index (κ2) is 10.6. The van der Waals surface area contributed by atoms with Crippen LogP contribution in [0.1, 0.15) is 43.0 Å². The molecule has 1 aliphatic heterocycles. The lowest BCUT2D eigenvalue weighted by Crippen LogP contribution is -2.38. The van der Waals surface area contributed by atoms with Gasteiger partial charge in [0.1, 0.15) is 12.3 Å². The van der Waals surface area contributed by atoms with Crippen LogP contribution >= 0.6 is 0 Å². The molecular weight excluding hydrogens is 480 g/mol. The number of rotatable bonds is 6. The quantitative estimate of drug-likeness (QED) is 0.339. The zero-order chi connectivity index (χ0) is 25.9. The Morgan fingerprint density at radius 1 is 1.00 bits per heavy atom. The van der Waals surface area contributed by atoms with E-state index in [9.17, 15) is 4.79 Å². The third-order valence-electron chi connectivity index (χ3n) is 7.15. The van der Waals surface area contributed by atoms with Crippen LogP contribution in [0, 0.1) is 6.92 Å². The number of aromatic nitrogens is 3. The first-order chi connectivity index (χ1) is 18.6. The molecule has 6 rings (SSSR count). The van der Waals surface area contributed by atoms with Gasteiger partial charge in [-0.3, -0.25) is 9.67 Å². The molecule has 8 nitrogen and oxygen atoms in total. The number of carbonyl (C=O) groups excluding carboxylic acids is 1. The van der Waals surface area contributed by atoms with Gasteiger partial charge < -0.3 is 19.5 Å². The SMILES string of the molecule is Cc1cccc(-c2nn(C3CCC(NC(=O)OCc4ccccc4)CC3)cc2-c2ccc3c(c2)OCO3)n1. The van der Waals surface area contributed by atoms with Crippen molar-refractivity contribution in [3.05, 3.63) is 84.2 Å². The number of benzene rings is 2. The summed E-state index contributed by atoms with van der Waals surface area (Å²) in [5, 5.41) is 8.07. The molecule has 0 radical (unpaired) electrons. The number of carbonyl (C=O) groups is 1. The van der Waals surface area contributed by atoms with Crippen LogP contribution in [0.25, 0.3) is 22.5 Å². The van der Waals surface area contributed by atoms with Crippen molar-refractivity contribution >= 4 is 6.09 Å². The molecule has 1 saturated carbocycles. The van der Waals surface area contributed by atoms with E-state index in [1.807, 2.05) is 73.7 Å². The predicted octanol–water partition coefficient (Wildman–Crippen LogP) is 6.06. The molecule has 0 spiro atoms. The Labute approximate surface area is 221 Å². The first-order valence-electron chi connectivity index (χ1n) is 13.0. The first-order valence-corrected chi connectivity index (χ1v) is 13.0. The predicted molar refractivity (Wildman–Crippen MR) is 143 cm³/mol. The number of hydrogen-bond donors (Lipinski definition) is 1. The van der Waals surface area contributed by atoms with E-state index in [4.69, 9.17) is 24.3 Å². The van der Waals surface area contributed by atoms with E-state index >= 15 is 0 Å². The van der Waals surface area contributed by atoms with Crippen LogP contribution in [0.4, 0.5) is 4.79 Å². The molecule has 4 aromatic rings. The zero-order valence-corrected chi connectivity index (χ0v) is 21.3. The van der Waals surface area contributed by atoms with Crippen LogP contribution in [-0.4, -0.2) is 33.7 Å². The standard InChI is InChI=1S/C30H30N4O4/c1-20-6-5-9-26(31-20)29-25(22-10-15-27-28(16-22)38-19-37-27)17-34(33-29)24-13-11-23(12-14-24)32-30(35)36-18-21-7-3-2-4-8-21/h2-10,15-17,23-24H,11-14,18-19H2,1H3,(H,32,35). The Hall–Kier alpha value is -4.33. The lowest BCUT2D eigenvalue weighted by atomic mass is 9.91. The van der Waals surface area contributed by atoms with Crippen molar-refractivity contribution < 1.29 is 19.0 Å². The Balaban J connectivity index is 1.16. The van der Waals surface area contributed by atoms with Crippen LogP contribution in [-0.2, 0) is 11.3 Å². The number of amides is 1. The van der Waals surface area contributed by atoms with E-state index in [0.29, 0.717) is 0 Å². The Morgan fingerprint density at radius 2 is 1.82 bits per heavy atom. The van der Waals surface area contributed by atoms with Crippen molar-refractivity contribution in [3.63, 3.8) is 0 Å². The molecule has 1 aliphatic carbocycles. The largest absolute Gasteiger partial charge is 0.454 e. The third-order valence-corrected chi connectivity index (χ3v) is 7.15. The van der Waals surface area contributed by atoms with Crippen molar-refractivity contribution in [1.82, 2.24) is 20.1 Å². The lowest BCUT2D eigenvalue weighted by Gasteiger charge is -2.29. The van der Waals surface area contributed by atoms with E-state index in [0.717, 1.165) is 71.0 Å². The zero-order valence-electron chi connectivity index (χ0n) is 21.3. The highest BCUT2D eigenvalue weighted by Gasteiger charge is 2.27. The summed E-state index contributed by atoms with van der Waals surface area (Å²) in [6, 6.07) is 22.0. The first kappa shape index (κ1) is 24.0. The molecule has 1 amide bonds. The average Bonchev–Trinajstić information content (AvgIpc) is 3.60. The van der Waals surface area contributed by atoms with Gasteiger partial charge in [0, 0.05) is 23.5 Å². The summed E-state index contributed by atoms with van der Waals surface area (Å²) < 4.78 is 18.6. The van der Waals surface area contributed by atoms with Crippen LogP contribution in [0.5, 0.6) is 11.5 Å². The van der Waals surface area contributed by atoms with E-state index in [1.54, 1.807) is 0 Å². The van der Waals surface area contributed by atoms with Gasteiger partial charge in [0.15, 0.2) is 11.5 Å². The number of pyridine rings is 1. The number of fused-ring (bicyclic) bond motifs is 1. The summed E-state index contributed by atoms with van der Waals surface area (Å²) >= 11 is 0. The molecule has 194 valence electrons. The normalized spacial score (nSPS) is 18.2. The van der Waals surface area contributed by atoms with Crippen LogP contribution in [0.15, 0.2) is 72.9 Å².